The van der Waals surface area contributed by atoms with Gasteiger partial charge in [0, 0.05) is 23.7 Å². The largest absolute Gasteiger partial charge is 0.345 e. The van der Waals surface area contributed by atoms with Crippen LogP contribution in [0.25, 0.3) is 22.3 Å². The van der Waals surface area contributed by atoms with E-state index in [1.807, 2.05) is 37.3 Å². The van der Waals surface area contributed by atoms with Gasteiger partial charge in [0.2, 0.25) is 0 Å². The van der Waals surface area contributed by atoms with Gasteiger partial charge in [0.05, 0.1) is 28.7 Å². The molecular weight excluding hydrogens is 410 g/mol. The number of carbonyl (C=O) groups excluding carboxylic acids is 1. The van der Waals surface area contributed by atoms with E-state index in [1.54, 1.807) is 6.33 Å². The van der Waals surface area contributed by atoms with Crippen molar-refractivity contribution in [2.75, 3.05) is 6.54 Å². The minimum Gasteiger partial charge on any atom is -0.345 e. The number of nitrogens with one attached hydrogen (secondary N) is 1. The zero-order valence-electron chi connectivity index (χ0n) is 19.2. The van der Waals surface area contributed by atoms with E-state index in [0.717, 1.165) is 52.9 Å². The van der Waals surface area contributed by atoms with E-state index < -0.39 is 0 Å². The van der Waals surface area contributed by atoms with Crippen molar-refractivity contribution in [3.63, 3.8) is 0 Å². The molecule has 33 heavy (non-hydrogen) atoms. The molecular formula is C27H27N5O. The minimum absolute atomic E-state index is 0.0243. The molecule has 1 aliphatic heterocycles. The van der Waals surface area contributed by atoms with Crippen molar-refractivity contribution in [3.05, 3.63) is 77.2 Å². The second-order valence-corrected chi connectivity index (χ2v) is 9.79. The number of imidazole rings is 1. The highest BCUT2D eigenvalue weighted by molar-refractivity contribution is 5.97. The van der Waals surface area contributed by atoms with Gasteiger partial charge in [0.25, 0.3) is 5.91 Å². The SMILES string of the molecule is Cc1ccc(-c2ccc3c(c2)[C@]2(C)CCN(C(=O)c4ccc5nc[nH]c5c4)[C@H](C3)[C@H]2C)nn1. The van der Waals surface area contributed by atoms with Gasteiger partial charge in [-0.2, -0.15) is 10.2 Å². The number of piperidine rings is 1. The van der Waals surface area contributed by atoms with Crippen LogP contribution >= 0.6 is 0 Å². The Morgan fingerprint density at radius 2 is 2.00 bits per heavy atom. The molecule has 1 aliphatic carbocycles. The van der Waals surface area contributed by atoms with Gasteiger partial charge in [-0.3, -0.25) is 4.79 Å². The first kappa shape index (κ1) is 20.1. The van der Waals surface area contributed by atoms with Crippen LogP contribution < -0.4 is 0 Å². The molecule has 3 atom stereocenters. The van der Waals surface area contributed by atoms with Crippen molar-refractivity contribution < 1.29 is 4.79 Å². The molecule has 1 fully saturated rings. The number of likely N-dealkylation sites (tertiary alicyclic amines) is 1. The zero-order valence-corrected chi connectivity index (χ0v) is 19.2. The van der Waals surface area contributed by atoms with E-state index in [1.165, 1.54) is 11.1 Å². The number of aromatic amines is 1. The summed E-state index contributed by atoms with van der Waals surface area (Å²) in [6.07, 6.45) is 3.49. The van der Waals surface area contributed by atoms with E-state index in [4.69, 9.17) is 0 Å². The maximum absolute atomic E-state index is 13.6. The lowest BCUT2D eigenvalue weighted by molar-refractivity contribution is 0.0251. The number of carbonyl (C=O) groups is 1. The van der Waals surface area contributed by atoms with Crippen molar-refractivity contribution in [3.8, 4) is 11.3 Å². The predicted octanol–water partition coefficient (Wildman–Crippen LogP) is 4.69. The smallest absolute Gasteiger partial charge is 0.254 e. The summed E-state index contributed by atoms with van der Waals surface area (Å²) in [5, 5.41) is 8.63. The molecule has 1 N–H and O–H groups in total. The second kappa shape index (κ2) is 7.24. The van der Waals surface area contributed by atoms with Crippen LogP contribution in [0.5, 0.6) is 0 Å². The molecule has 6 nitrogen and oxygen atoms in total. The Bertz CT molecular complexity index is 1380. The van der Waals surface area contributed by atoms with Crippen LogP contribution in [0.4, 0.5) is 0 Å². The number of fused-ring (bicyclic) bond motifs is 5. The summed E-state index contributed by atoms with van der Waals surface area (Å²) in [6.45, 7) is 7.39. The molecule has 166 valence electrons. The fourth-order valence-corrected chi connectivity index (χ4v) is 5.82. The molecule has 1 amide bonds. The Morgan fingerprint density at radius 3 is 2.82 bits per heavy atom. The molecule has 6 rings (SSSR count). The van der Waals surface area contributed by atoms with Crippen LogP contribution in [0.15, 0.2) is 54.9 Å². The van der Waals surface area contributed by atoms with Gasteiger partial charge in [-0.05, 0) is 78.6 Å². The number of aryl methyl sites for hydroxylation is 1. The van der Waals surface area contributed by atoms with E-state index in [2.05, 4.69) is 57.1 Å². The molecule has 2 aromatic carbocycles. The molecule has 0 spiro atoms. The summed E-state index contributed by atoms with van der Waals surface area (Å²) < 4.78 is 0. The van der Waals surface area contributed by atoms with Gasteiger partial charge in [-0.1, -0.05) is 26.0 Å². The van der Waals surface area contributed by atoms with Gasteiger partial charge >= 0.3 is 0 Å². The molecule has 0 unspecified atom stereocenters. The molecule has 2 bridgehead atoms. The monoisotopic (exact) mass is 437 g/mol. The van der Waals surface area contributed by atoms with Crippen LogP contribution in [0.1, 0.15) is 47.4 Å². The summed E-state index contributed by atoms with van der Waals surface area (Å²) in [5.41, 5.74) is 8.20. The van der Waals surface area contributed by atoms with Gasteiger partial charge in [-0.25, -0.2) is 4.98 Å². The topological polar surface area (TPSA) is 74.8 Å². The van der Waals surface area contributed by atoms with Crippen molar-refractivity contribution in [1.82, 2.24) is 25.1 Å². The number of amides is 1. The van der Waals surface area contributed by atoms with Gasteiger partial charge in [-0.15, -0.1) is 0 Å². The quantitative estimate of drug-likeness (QED) is 0.494. The van der Waals surface area contributed by atoms with E-state index >= 15 is 0 Å². The first-order valence-electron chi connectivity index (χ1n) is 11.6. The van der Waals surface area contributed by atoms with Crippen LogP contribution in [-0.4, -0.2) is 43.6 Å². The Morgan fingerprint density at radius 1 is 1.12 bits per heavy atom. The summed E-state index contributed by atoms with van der Waals surface area (Å²) >= 11 is 0. The third-order valence-electron chi connectivity index (χ3n) is 8.03. The number of H-pyrrole nitrogens is 1. The first-order valence-corrected chi connectivity index (χ1v) is 11.6. The normalized spacial score (nSPS) is 24.0. The number of hydrogen-bond donors (Lipinski definition) is 1. The van der Waals surface area contributed by atoms with Crippen LogP contribution in [-0.2, 0) is 11.8 Å². The molecule has 1 saturated heterocycles. The lowest BCUT2D eigenvalue weighted by atomic mass is 9.58. The highest BCUT2D eigenvalue weighted by Crippen LogP contribution is 2.49. The first-order chi connectivity index (χ1) is 15.9. The Labute approximate surface area is 193 Å². The third kappa shape index (κ3) is 3.08. The predicted molar refractivity (Wildman–Crippen MR) is 128 cm³/mol. The summed E-state index contributed by atoms with van der Waals surface area (Å²) in [5.74, 6) is 0.471. The lowest BCUT2D eigenvalue weighted by Crippen LogP contribution is -2.59. The van der Waals surface area contributed by atoms with Gasteiger partial charge < -0.3 is 9.88 Å². The molecule has 0 saturated carbocycles. The fourth-order valence-electron chi connectivity index (χ4n) is 5.82. The number of aromatic nitrogens is 4. The van der Waals surface area contributed by atoms with Crippen LogP contribution in [0, 0.1) is 12.8 Å². The number of hydrogen-bond acceptors (Lipinski definition) is 4. The molecule has 0 radical (unpaired) electrons. The Kier molecular flexibility index (Phi) is 4.41. The number of benzene rings is 2. The van der Waals surface area contributed by atoms with Crippen molar-refractivity contribution in [2.45, 2.75) is 45.1 Å². The maximum Gasteiger partial charge on any atom is 0.254 e. The molecule has 2 aromatic heterocycles. The van der Waals surface area contributed by atoms with Crippen molar-refractivity contribution in [2.24, 2.45) is 5.92 Å². The Balaban J connectivity index is 1.35. The number of rotatable bonds is 2. The molecule has 3 heterocycles. The number of nitrogens with zero attached hydrogens (tertiary/aromatic N) is 4. The maximum atomic E-state index is 13.6. The zero-order chi connectivity index (χ0) is 22.7. The van der Waals surface area contributed by atoms with Crippen LogP contribution in [0.2, 0.25) is 0 Å². The van der Waals surface area contributed by atoms with Gasteiger partial charge in [0.1, 0.15) is 0 Å². The fraction of sp³-hybridized carbons (Fsp3) is 0.333. The van der Waals surface area contributed by atoms with Gasteiger partial charge in [0.15, 0.2) is 0 Å². The summed E-state index contributed by atoms with van der Waals surface area (Å²) in [7, 11) is 0. The lowest BCUT2D eigenvalue weighted by Gasteiger charge is -2.54. The average molecular weight is 438 g/mol. The van der Waals surface area contributed by atoms with E-state index in [0.29, 0.717) is 5.92 Å². The molecule has 4 aromatic rings. The van der Waals surface area contributed by atoms with Crippen LogP contribution in [0.3, 0.4) is 0 Å². The highest BCUT2D eigenvalue weighted by atomic mass is 16.2. The molecule has 2 aliphatic rings. The van der Waals surface area contributed by atoms with Crippen molar-refractivity contribution in [1.29, 1.82) is 0 Å². The van der Waals surface area contributed by atoms with Crippen molar-refractivity contribution >= 4 is 16.9 Å². The van der Waals surface area contributed by atoms with E-state index in [-0.39, 0.29) is 17.4 Å². The minimum atomic E-state index is 0.0243. The summed E-state index contributed by atoms with van der Waals surface area (Å²) in [4.78, 5) is 23.1. The third-order valence-corrected chi connectivity index (χ3v) is 8.03. The average Bonchev–Trinajstić information content (AvgIpc) is 3.29. The molecule has 6 heteroatoms. The second-order valence-electron chi connectivity index (χ2n) is 9.79. The highest BCUT2D eigenvalue weighted by Gasteiger charge is 2.49. The Hall–Kier alpha value is -3.54. The standard InChI is InChI=1S/C27H27N5O/c1-16-4-8-22(31-30-16)19-6-5-18-14-25-17(2)27(3,21(18)12-19)10-11-32(25)26(33)20-7-9-23-24(13-20)29-15-28-23/h4-9,12-13,15,17,25H,10-11,14H2,1-3H3,(H,28,29)/t17-,25-,27-/m1/s1. The summed E-state index contributed by atoms with van der Waals surface area (Å²) in [6, 6.07) is 16.7. The van der Waals surface area contributed by atoms with E-state index in [9.17, 15) is 4.79 Å².